The van der Waals surface area contributed by atoms with Crippen molar-refractivity contribution in [2.45, 2.75) is 39.8 Å². The average Bonchev–Trinajstić information content (AvgIpc) is 2.36. The molecule has 0 amide bonds. The van der Waals surface area contributed by atoms with E-state index in [1.165, 1.54) is 5.56 Å². The molecule has 0 fully saturated rings. The van der Waals surface area contributed by atoms with E-state index in [0.29, 0.717) is 11.8 Å². The van der Waals surface area contributed by atoms with Gasteiger partial charge < -0.3 is 9.84 Å². The van der Waals surface area contributed by atoms with Crippen LogP contribution in [0, 0.1) is 0 Å². The van der Waals surface area contributed by atoms with Gasteiger partial charge >= 0.3 is 0 Å². The number of phenolic OH excluding ortho intramolecular Hbond substituents is 1. The van der Waals surface area contributed by atoms with E-state index in [2.05, 4.69) is 25.7 Å². The Labute approximate surface area is 104 Å². The van der Waals surface area contributed by atoms with Crippen LogP contribution in [0.15, 0.2) is 18.2 Å². The van der Waals surface area contributed by atoms with E-state index in [1.807, 2.05) is 12.1 Å². The lowest BCUT2D eigenvalue weighted by molar-refractivity contribution is 0.205. The van der Waals surface area contributed by atoms with Gasteiger partial charge in [0.05, 0.1) is 7.11 Å². The minimum absolute atomic E-state index is 0.197. The molecule has 0 bridgehead atoms. The van der Waals surface area contributed by atoms with E-state index in [0.717, 1.165) is 19.5 Å². The SMILES string of the molecule is CCC(C)N(CC)Cc1ccc(O)c(OC)c1. The average molecular weight is 237 g/mol. The molecule has 0 spiro atoms. The van der Waals surface area contributed by atoms with Gasteiger partial charge in [0.1, 0.15) is 0 Å². The molecule has 96 valence electrons. The minimum atomic E-state index is 0.197. The lowest BCUT2D eigenvalue weighted by atomic mass is 10.1. The monoisotopic (exact) mass is 237 g/mol. The van der Waals surface area contributed by atoms with Crippen LogP contribution < -0.4 is 4.74 Å². The standard InChI is InChI=1S/C14H23NO2/c1-5-11(3)15(6-2)10-12-7-8-13(16)14(9-12)17-4/h7-9,11,16H,5-6,10H2,1-4H3. The first-order valence-electron chi connectivity index (χ1n) is 6.22. The molecule has 3 heteroatoms. The van der Waals surface area contributed by atoms with Gasteiger partial charge in [-0.1, -0.05) is 19.9 Å². The quantitative estimate of drug-likeness (QED) is 0.825. The molecule has 1 aromatic carbocycles. The zero-order valence-electron chi connectivity index (χ0n) is 11.2. The van der Waals surface area contributed by atoms with Crippen molar-refractivity contribution in [2.75, 3.05) is 13.7 Å². The van der Waals surface area contributed by atoms with E-state index in [-0.39, 0.29) is 5.75 Å². The van der Waals surface area contributed by atoms with Crippen molar-refractivity contribution in [3.05, 3.63) is 23.8 Å². The highest BCUT2D eigenvalue weighted by Gasteiger charge is 2.11. The Morgan fingerprint density at radius 2 is 2.06 bits per heavy atom. The number of ether oxygens (including phenoxy) is 1. The van der Waals surface area contributed by atoms with Crippen LogP contribution in [0.25, 0.3) is 0 Å². The zero-order valence-corrected chi connectivity index (χ0v) is 11.2. The van der Waals surface area contributed by atoms with Gasteiger partial charge in [0.15, 0.2) is 11.5 Å². The fraction of sp³-hybridized carbons (Fsp3) is 0.571. The molecule has 0 radical (unpaired) electrons. The summed E-state index contributed by atoms with van der Waals surface area (Å²) in [6.45, 7) is 8.52. The van der Waals surface area contributed by atoms with Crippen LogP contribution in [0.3, 0.4) is 0 Å². The number of aromatic hydroxyl groups is 1. The highest BCUT2D eigenvalue weighted by molar-refractivity contribution is 5.41. The summed E-state index contributed by atoms with van der Waals surface area (Å²) in [7, 11) is 1.57. The van der Waals surface area contributed by atoms with Crippen LogP contribution in [-0.2, 0) is 6.54 Å². The Hall–Kier alpha value is -1.22. The van der Waals surface area contributed by atoms with E-state index in [1.54, 1.807) is 13.2 Å². The predicted molar refractivity (Wildman–Crippen MR) is 70.5 cm³/mol. The molecule has 0 aliphatic carbocycles. The van der Waals surface area contributed by atoms with E-state index in [4.69, 9.17) is 4.74 Å². The largest absolute Gasteiger partial charge is 0.504 e. The van der Waals surface area contributed by atoms with Crippen molar-refractivity contribution < 1.29 is 9.84 Å². The third-order valence-corrected chi connectivity index (χ3v) is 3.25. The lowest BCUT2D eigenvalue weighted by Crippen LogP contribution is -2.31. The summed E-state index contributed by atoms with van der Waals surface area (Å²) in [5, 5.41) is 9.54. The Morgan fingerprint density at radius 1 is 1.35 bits per heavy atom. The number of phenols is 1. The predicted octanol–water partition coefficient (Wildman–Crippen LogP) is 3.02. The molecule has 3 nitrogen and oxygen atoms in total. The zero-order chi connectivity index (χ0) is 12.8. The number of rotatable bonds is 6. The summed E-state index contributed by atoms with van der Waals surface area (Å²) < 4.78 is 5.12. The number of methoxy groups -OCH3 is 1. The van der Waals surface area contributed by atoms with Gasteiger partial charge in [-0.15, -0.1) is 0 Å². The normalized spacial score (nSPS) is 12.8. The molecule has 0 heterocycles. The third-order valence-electron chi connectivity index (χ3n) is 3.25. The third kappa shape index (κ3) is 3.63. The van der Waals surface area contributed by atoms with Crippen molar-refractivity contribution in [2.24, 2.45) is 0 Å². The number of benzene rings is 1. The van der Waals surface area contributed by atoms with Crippen molar-refractivity contribution in [3.8, 4) is 11.5 Å². The van der Waals surface area contributed by atoms with Gasteiger partial charge in [0.2, 0.25) is 0 Å². The topological polar surface area (TPSA) is 32.7 Å². The Morgan fingerprint density at radius 3 is 2.59 bits per heavy atom. The fourth-order valence-electron chi connectivity index (χ4n) is 1.89. The van der Waals surface area contributed by atoms with Gasteiger partial charge in [-0.3, -0.25) is 4.90 Å². The fourth-order valence-corrected chi connectivity index (χ4v) is 1.89. The van der Waals surface area contributed by atoms with Gasteiger partial charge in [-0.2, -0.15) is 0 Å². The van der Waals surface area contributed by atoms with Crippen molar-refractivity contribution >= 4 is 0 Å². The molecule has 0 saturated heterocycles. The van der Waals surface area contributed by atoms with Crippen molar-refractivity contribution in [3.63, 3.8) is 0 Å². The van der Waals surface area contributed by atoms with Gasteiger partial charge in [-0.25, -0.2) is 0 Å². The van der Waals surface area contributed by atoms with Gasteiger partial charge in [0, 0.05) is 12.6 Å². The highest BCUT2D eigenvalue weighted by atomic mass is 16.5. The molecular weight excluding hydrogens is 214 g/mol. The number of hydrogen-bond donors (Lipinski definition) is 1. The second kappa shape index (κ2) is 6.50. The summed E-state index contributed by atoms with van der Waals surface area (Å²) >= 11 is 0. The molecule has 1 unspecified atom stereocenters. The van der Waals surface area contributed by atoms with Crippen LogP contribution in [0.2, 0.25) is 0 Å². The number of nitrogens with zero attached hydrogens (tertiary/aromatic N) is 1. The molecule has 0 aliphatic heterocycles. The van der Waals surface area contributed by atoms with Gasteiger partial charge in [-0.05, 0) is 37.6 Å². The summed E-state index contributed by atoms with van der Waals surface area (Å²) in [5.41, 5.74) is 1.17. The summed E-state index contributed by atoms with van der Waals surface area (Å²) in [6, 6.07) is 6.11. The lowest BCUT2D eigenvalue weighted by Gasteiger charge is -2.27. The maximum Gasteiger partial charge on any atom is 0.160 e. The Kier molecular flexibility index (Phi) is 5.29. The number of hydrogen-bond acceptors (Lipinski definition) is 3. The second-order valence-corrected chi connectivity index (χ2v) is 4.33. The smallest absolute Gasteiger partial charge is 0.160 e. The molecule has 1 rings (SSSR count). The van der Waals surface area contributed by atoms with E-state index in [9.17, 15) is 5.11 Å². The van der Waals surface area contributed by atoms with Gasteiger partial charge in [0.25, 0.3) is 0 Å². The molecule has 1 aromatic rings. The maximum absolute atomic E-state index is 9.54. The first-order chi connectivity index (χ1) is 8.12. The molecular formula is C14H23NO2. The maximum atomic E-state index is 9.54. The molecule has 1 atom stereocenters. The summed E-state index contributed by atoms with van der Waals surface area (Å²) in [5.74, 6) is 0.741. The first-order valence-corrected chi connectivity index (χ1v) is 6.22. The van der Waals surface area contributed by atoms with E-state index >= 15 is 0 Å². The van der Waals surface area contributed by atoms with Crippen LogP contribution in [0.1, 0.15) is 32.8 Å². The van der Waals surface area contributed by atoms with Crippen molar-refractivity contribution in [1.82, 2.24) is 4.90 Å². The highest BCUT2D eigenvalue weighted by Crippen LogP contribution is 2.27. The molecule has 0 saturated carbocycles. The molecule has 1 N–H and O–H groups in total. The second-order valence-electron chi connectivity index (χ2n) is 4.33. The molecule has 0 aromatic heterocycles. The van der Waals surface area contributed by atoms with Crippen LogP contribution in [0.5, 0.6) is 11.5 Å². The van der Waals surface area contributed by atoms with E-state index < -0.39 is 0 Å². The van der Waals surface area contributed by atoms with Crippen LogP contribution in [0.4, 0.5) is 0 Å². The Bertz CT molecular complexity index is 352. The van der Waals surface area contributed by atoms with Crippen LogP contribution in [-0.4, -0.2) is 29.7 Å². The van der Waals surface area contributed by atoms with Crippen LogP contribution >= 0.6 is 0 Å². The Balaban J connectivity index is 2.79. The first kappa shape index (κ1) is 13.8. The molecule has 0 aliphatic rings. The molecule has 17 heavy (non-hydrogen) atoms. The summed E-state index contributed by atoms with van der Waals surface area (Å²) in [4.78, 5) is 2.41. The minimum Gasteiger partial charge on any atom is -0.504 e. The summed E-state index contributed by atoms with van der Waals surface area (Å²) in [6.07, 6.45) is 1.14. The van der Waals surface area contributed by atoms with Crippen molar-refractivity contribution in [1.29, 1.82) is 0 Å².